The van der Waals surface area contributed by atoms with E-state index in [-0.39, 0.29) is 11.7 Å². The van der Waals surface area contributed by atoms with Gasteiger partial charge in [0.15, 0.2) is 0 Å². The van der Waals surface area contributed by atoms with Crippen LogP contribution in [0.25, 0.3) is 11.5 Å². The molecule has 1 aliphatic rings. The summed E-state index contributed by atoms with van der Waals surface area (Å²) in [6.45, 7) is 1.90. The van der Waals surface area contributed by atoms with E-state index < -0.39 is 5.97 Å². The molecule has 4 nitrogen and oxygen atoms in total. The summed E-state index contributed by atoms with van der Waals surface area (Å²) in [7, 11) is 0. The van der Waals surface area contributed by atoms with Gasteiger partial charge < -0.3 is 9.52 Å². The number of rotatable bonds is 3. The van der Waals surface area contributed by atoms with Crippen molar-refractivity contribution in [3.8, 4) is 11.5 Å². The highest BCUT2D eigenvalue weighted by Crippen LogP contribution is 2.42. The minimum absolute atomic E-state index is 0.0470. The van der Waals surface area contributed by atoms with E-state index in [0.717, 1.165) is 18.4 Å². The quantitative estimate of drug-likeness (QED) is 0.925. The average molecular weight is 278 g/mol. The Hall–Kier alpha value is -1.81. The molecule has 0 atom stereocenters. The Morgan fingerprint density at radius 1 is 1.47 bits per heavy atom. The van der Waals surface area contributed by atoms with Crippen LogP contribution >= 0.6 is 11.6 Å². The lowest BCUT2D eigenvalue weighted by molar-refractivity contribution is 0.0661. The van der Waals surface area contributed by atoms with Gasteiger partial charge in [0.05, 0.1) is 5.69 Å². The Kier molecular flexibility index (Phi) is 2.82. The molecule has 19 heavy (non-hydrogen) atoms. The SMILES string of the molecule is Cc1ccc(-c2nc(C3CC3)c(C(=O)O)o2)cc1Cl. The molecular weight excluding hydrogens is 266 g/mol. The highest BCUT2D eigenvalue weighted by atomic mass is 35.5. The molecule has 0 aliphatic heterocycles. The molecule has 1 heterocycles. The van der Waals surface area contributed by atoms with Crippen LogP contribution in [0.1, 0.15) is 40.6 Å². The van der Waals surface area contributed by atoms with Gasteiger partial charge in [0, 0.05) is 16.5 Å². The molecule has 3 rings (SSSR count). The molecule has 0 radical (unpaired) electrons. The van der Waals surface area contributed by atoms with E-state index in [1.165, 1.54) is 0 Å². The van der Waals surface area contributed by atoms with Crippen LogP contribution in [0.5, 0.6) is 0 Å². The van der Waals surface area contributed by atoms with Crippen LogP contribution in [0.2, 0.25) is 5.02 Å². The van der Waals surface area contributed by atoms with Crippen molar-refractivity contribution in [2.24, 2.45) is 0 Å². The summed E-state index contributed by atoms with van der Waals surface area (Å²) in [5.74, 6) is -0.571. The fraction of sp³-hybridized carbons (Fsp3) is 0.286. The molecule has 1 aliphatic carbocycles. The normalized spacial score (nSPS) is 14.6. The van der Waals surface area contributed by atoms with Crippen molar-refractivity contribution in [3.63, 3.8) is 0 Å². The van der Waals surface area contributed by atoms with Crippen molar-refractivity contribution in [2.75, 3.05) is 0 Å². The highest BCUT2D eigenvalue weighted by molar-refractivity contribution is 6.31. The zero-order chi connectivity index (χ0) is 13.6. The van der Waals surface area contributed by atoms with E-state index >= 15 is 0 Å². The molecule has 0 spiro atoms. The summed E-state index contributed by atoms with van der Waals surface area (Å²) in [6, 6.07) is 5.43. The summed E-state index contributed by atoms with van der Waals surface area (Å²) < 4.78 is 5.39. The average Bonchev–Trinajstić information content (AvgIpc) is 3.11. The molecule has 0 bridgehead atoms. The third-order valence-corrected chi connectivity index (χ3v) is 3.64. The van der Waals surface area contributed by atoms with Crippen molar-refractivity contribution in [2.45, 2.75) is 25.7 Å². The van der Waals surface area contributed by atoms with Crippen LogP contribution in [0.3, 0.4) is 0 Å². The van der Waals surface area contributed by atoms with Crippen LogP contribution in [0.4, 0.5) is 0 Å². The van der Waals surface area contributed by atoms with E-state index in [9.17, 15) is 4.79 Å². The van der Waals surface area contributed by atoms with E-state index in [1.807, 2.05) is 19.1 Å². The summed E-state index contributed by atoms with van der Waals surface area (Å²) in [6.07, 6.45) is 1.95. The van der Waals surface area contributed by atoms with Gasteiger partial charge in [-0.2, -0.15) is 0 Å². The molecule has 1 aromatic carbocycles. The molecule has 1 aromatic heterocycles. The van der Waals surface area contributed by atoms with Gasteiger partial charge in [-0.3, -0.25) is 0 Å². The lowest BCUT2D eigenvalue weighted by Crippen LogP contribution is -1.98. The Bertz CT molecular complexity index is 659. The van der Waals surface area contributed by atoms with Gasteiger partial charge in [-0.1, -0.05) is 17.7 Å². The van der Waals surface area contributed by atoms with Gasteiger partial charge in [-0.05, 0) is 37.5 Å². The number of hydrogen-bond acceptors (Lipinski definition) is 3. The minimum Gasteiger partial charge on any atom is -0.475 e. The minimum atomic E-state index is -1.07. The first-order valence-corrected chi connectivity index (χ1v) is 6.44. The number of carboxylic acids is 1. The second-order valence-corrected chi connectivity index (χ2v) is 5.18. The van der Waals surface area contributed by atoms with Crippen molar-refractivity contribution >= 4 is 17.6 Å². The third kappa shape index (κ3) is 2.24. The van der Waals surface area contributed by atoms with Crippen molar-refractivity contribution in [1.29, 1.82) is 0 Å². The number of nitrogens with zero attached hydrogens (tertiary/aromatic N) is 1. The molecule has 5 heteroatoms. The van der Waals surface area contributed by atoms with Gasteiger partial charge in [0.25, 0.3) is 0 Å². The third-order valence-electron chi connectivity index (χ3n) is 3.23. The number of benzene rings is 1. The topological polar surface area (TPSA) is 63.3 Å². The van der Waals surface area contributed by atoms with E-state index in [1.54, 1.807) is 6.07 Å². The second kappa shape index (κ2) is 4.38. The maximum Gasteiger partial charge on any atom is 0.373 e. The number of halogens is 1. The Morgan fingerprint density at radius 3 is 2.79 bits per heavy atom. The summed E-state index contributed by atoms with van der Waals surface area (Å²) in [5.41, 5.74) is 2.21. The monoisotopic (exact) mass is 277 g/mol. The lowest BCUT2D eigenvalue weighted by atomic mass is 10.1. The summed E-state index contributed by atoms with van der Waals surface area (Å²) in [5, 5.41) is 9.75. The van der Waals surface area contributed by atoms with Crippen LogP contribution in [-0.2, 0) is 0 Å². The van der Waals surface area contributed by atoms with E-state index in [0.29, 0.717) is 22.2 Å². The second-order valence-electron chi connectivity index (χ2n) is 4.78. The Labute approximate surface area is 115 Å². The standard InChI is InChI=1S/C14H12ClNO3/c1-7-2-3-9(6-10(7)15)13-16-11(8-4-5-8)12(19-13)14(17)18/h2-3,6,8H,4-5H2,1H3,(H,17,18). The van der Waals surface area contributed by atoms with Crippen LogP contribution in [0, 0.1) is 6.92 Å². The van der Waals surface area contributed by atoms with Crippen LogP contribution < -0.4 is 0 Å². The first kappa shape index (κ1) is 12.2. The largest absolute Gasteiger partial charge is 0.475 e. The first-order valence-electron chi connectivity index (χ1n) is 6.07. The number of carboxylic acid groups (broad SMARTS) is 1. The molecule has 0 saturated heterocycles. The maximum absolute atomic E-state index is 11.2. The number of carbonyl (C=O) groups is 1. The number of aromatic carboxylic acids is 1. The van der Waals surface area contributed by atoms with Gasteiger partial charge in [0.2, 0.25) is 11.7 Å². The van der Waals surface area contributed by atoms with Gasteiger partial charge in [-0.25, -0.2) is 9.78 Å². The van der Waals surface area contributed by atoms with Gasteiger partial charge in [0.1, 0.15) is 0 Å². The number of hydrogen-bond donors (Lipinski definition) is 1. The molecule has 1 N–H and O–H groups in total. The molecular formula is C14H12ClNO3. The Morgan fingerprint density at radius 2 is 2.21 bits per heavy atom. The predicted octanol–water partition coefficient (Wildman–Crippen LogP) is 3.88. The molecule has 1 saturated carbocycles. The molecule has 98 valence electrons. The number of aryl methyl sites for hydroxylation is 1. The first-order chi connectivity index (χ1) is 9.06. The van der Waals surface area contributed by atoms with E-state index in [4.69, 9.17) is 21.1 Å². The van der Waals surface area contributed by atoms with Crippen molar-refractivity contribution in [1.82, 2.24) is 4.98 Å². The molecule has 0 amide bonds. The zero-order valence-electron chi connectivity index (χ0n) is 10.3. The summed E-state index contributed by atoms with van der Waals surface area (Å²) >= 11 is 6.06. The fourth-order valence-electron chi connectivity index (χ4n) is 1.97. The van der Waals surface area contributed by atoms with E-state index in [2.05, 4.69) is 4.98 Å². The Balaban J connectivity index is 2.07. The summed E-state index contributed by atoms with van der Waals surface area (Å²) in [4.78, 5) is 15.5. The smallest absolute Gasteiger partial charge is 0.373 e. The fourth-order valence-corrected chi connectivity index (χ4v) is 2.15. The molecule has 1 fully saturated rings. The van der Waals surface area contributed by atoms with Crippen LogP contribution in [-0.4, -0.2) is 16.1 Å². The van der Waals surface area contributed by atoms with Gasteiger partial charge >= 0.3 is 5.97 Å². The predicted molar refractivity (Wildman–Crippen MR) is 70.6 cm³/mol. The van der Waals surface area contributed by atoms with Gasteiger partial charge in [-0.15, -0.1) is 0 Å². The maximum atomic E-state index is 11.2. The van der Waals surface area contributed by atoms with Crippen LogP contribution in [0.15, 0.2) is 22.6 Å². The zero-order valence-corrected chi connectivity index (χ0v) is 11.1. The number of oxazole rings is 1. The molecule has 0 unspecified atom stereocenters. The molecule has 2 aromatic rings. The highest BCUT2D eigenvalue weighted by Gasteiger charge is 2.33. The lowest BCUT2D eigenvalue weighted by Gasteiger charge is -1.99. The van der Waals surface area contributed by atoms with Crippen molar-refractivity contribution in [3.05, 3.63) is 40.2 Å². The van der Waals surface area contributed by atoms with Crippen molar-refractivity contribution < 1.29 is 14.3 Å². The number of aromatic nitrogens is 1.